The molecule has 2 N–H and O–H groups in total. The van der Waals surface area contributed by atoms with Gasteiger partial charge in [0.05, 0.1) is 10.3 Å². The number of carboxylic acid groups (broad SMARTS) is 1. The summed E-state index contributed by atoms with van der Waals surface area (Å²) in [5, 5.41) is 13.3. The van der Waals surface area contributed by atoms with Gasteiger partial charge in [0.1, 0.15) is 6.04 Å². The Hall–Kier alpha value is -0.790. The number of anilines is 1. The van der Waals surface area contributed by atoms with Crippen molar-refractivity contribution in [2.45, 2.75) is 30.0 Å². The van der Waals surface area contributed by atoms with Crippen LogP contribution in [0.15, 0.2) is 6.20 Å². The number of aliphatic carboxylic acids is 1. The van der Waals surface area contributed by atoms with Gasteiger partial charge in [0.25, 0.3) is 0 Å². The number of nitrogens with zero attached hydrogens (tertiary/aromatic N) is 2. The Morgan fingerprint density at radius 3 is 2.67 bits per heavy atom. The van der Waals surface area contributed by atoms with Crippen LogP contribution in [0.1, 0.15) is 24.1 Å². The summed E-state index contributed by atoms with van der Waals surface area (Å²) in [6.45, 7) is 3.91. The van der Waals surface area contributed by atoms with Gasteiger partial charge in [-0.15, -0.1) is 11.8 Å². The maximum Gasteiger partial charge on any atom is 0.322 e. The third-order valence-electron chi connectivity index (χ3n) is 2.83. The third-order valence-corrected chi connectivity index (χ3v) is 5.68. The van der Waals surface area contributed by atoms with Crippen molar-refractivity contribution in [3.05, 3.63) is 11.1 Å². The summed E-state index contributed by atoms with van der Waals surface area (Å²) in [5.41, 5.74) is 0. The minimum absolute atomic E-state index is 0.00676. The molecule has 0 amide bonds. The lowest BCUT2D eigenvalue weighted by Gasteiger charge is -2.20. The second kappa shape index (κ2) is 4.71. The van der Waals surface area contributed by atoms with Gasteiger partial charge in [0.15, 0.2) is 5.13 Å². The number of thiazole rings is 1. The van der Waals surface area contributed by atoms with Crippen LogP contribution in [0.3, 0.4) is 0 Å². The fraction of sp³-hybridized carbons (Fsp3) is 0.636. The lowest BCUT2D eigenvalue weighted by atomic mass is 10.0. The van der Waals surface area contributed by atoms with Crippen molar-refractivity contribution in [3.63, 3.8) is 0 Å². The highest BCUT2D eigenvalue weighted by molar-refractivity contribution is 8.01. The third kappa shape index (κ3) is 2.48. The first-order valence-corrected chi connectivity index (χ1v) is 7.30. The predicted octanol–water partition coefficient (Wildman–Crippen LogP) is 1.78. The van der Waals surface area contributed by atoms with Gasteiger partial charge >= 0.3 is 5.97 Å². The molecule has 0 saturated carbocycles. The summed E-state index contributed by atoms with van der Waals surface area (Å²) in [5.74, 6) is -0.799. The number of hydrogen-bond donors (Lipinski definition) is 2. The van der Waals surface area contributed by atoms with Crippen molar-refractivity contribution < 1.29 is 9.90 Å². The molecule has 0 aromatic carbocycles. The normalized spacial score (nSPS) is 26.2. The highest BCUT2D eigenvalue weighted by Crippen LogP contribution is 2.47. The number of nitrogens with one attached hydrogen (secondary N) is 1. The molecule has 1 fully saturated rings. The van der Waals surface area contributed by atoms with Crippen LogP contribution in [0.25, 0.3) is 0 Å². The van der Waals surface area contributed by atoms with Crippen molar-refractivity contribution in [1.82, 2.24) is 10.3 Å². The zero-order valence-electron chi connectivity index (χ0n) is 10.8. The van der Waals surface area contributed by atoms with Crippen LogP contribution in [-0.4, -0.2) is 40.9 Å². The second-order valence-corrected chi connectivity index (χ2v) is 7.78. The van der Waals surface area contributed by atoms with E-state index in [1.807, 2.05) is 39.0 Å². The quantitative estimate of drug-likeness (QED) is 0.883. The summed E-state index contributed by atoms with van der Waals surface area (Å²) in [6.07, 6.45) is 1.82. The fourth-order valence-electron chi connectivity index (χ4n) is 1.87. The van der Waals surface area contributed by atoms with Gasteiger partial charge in [-0.2, -0.15) is 0 Å². The standard InChI is InChI=1S/C11H17N3O2S2/c1-11(2)7(9(15)16)13-8(18-11)6-5-12-10(17-6)14(3)4/h5,7-8,13H,1-4H3,(H,15,16). The first-order chi connectivity index (χ1) is 8.31. The van der Waals surface area contributed by atoms with E-state index in [2.05, 4.69) is 10.3 Å². The molecule has 1 aliphatic rings. The SMILES string of the molecule is CN(C)c1ncc(C2NC(C(=O)O)C(C)(C)S2)s1. The van der Waals surface area contributed by atoms with Crippen molar-refractivity contribution >= 4 is 34.2 Å². The molecule has 1 aromatic rings. The molecule has 1 aliphatic heterocycles. The summed E-state index contributed by atoms with van der Waals surface area (Å²) in [7, 11) is 3.89. The van der Waals surface area contributed by atoms with Gasteiger partial charge in [-0.3, -0.25) is 10.1 Å². The lowest BCUT2D eigenvalue weighted by molar-refractivity contribution is -0.139. The van der Waals surface area contributed by atoms with Gasteiger partial charge in [-0.1, -0.05) is 11.3 Å². The number of carboxylic acids is 1. The Bertz CT molecular complexity index is 459. The zero-order valence-corrected chi connectivity index (χ0v) is 12.4. The number of thioether (sulfide) groups is 1. The minimum Gasteiger partial charge on any atom is -0.480 e. The average Bonchev–Trinajstić information content (AvgIpc) is 2.81. The van der Waals surface area contributed by atoms with Gasteiger partial charge in [0, 0.05) is 25.0 Å². The lowest BCUT2D eigenvalue weighted by Crippen LogP contribution is -2.43. The highest BCUT2D eigenvalue weighted by atomic mass is 32.2. The average molecular weight is 287 g/mol. The largest absolute Gasteiger partial charge is 0.480 e. The Balaban J connectivity index is 2.18. The van der Waals surface area contributed by atoms with Crippen LogP contribution in [0.4, 0.5) is 5.13 Å². The molecule has 5 nitrogen and oxygen atoms in total. The van der Waals surface area contributed by atoms with E-state index >= 15 is 0 Å². The summed E-state index contributed by atoms with van der Waals surface area (Å²) >= 11 is 3.23. The molecule has 0 spiro atoms. The van der Waals surface area contributed by atoms with E-state index in [-0.39, 0.29) is 10.1 Å². The Kier molecular flexibility index (Phi) is 3.57. The van der Waals surface area contributed by atoms with E-state index in [0.29, 0.717) is 0 Å². The summed E-state index contributed by atoms with van der Waals surface area (Å²) < 4.78 is -0.321. The maximum atomic E-state index is 11.2. The van der Waals surface area contributed by atoms with Crippen molar-refractivity contribution in [1.29, 1.82) is 0 Å². The Morgan fingerprint density at radius 2 is 2.22 bits per heavy atom. The molecule has 1 saturated heterocycles. The molecule has 0 bridgehead atoms. The Morgan fingerprint density at radius 1 is 1.56 bits per heavy atom. The molecular weight excluding hydrogens is 270 g/mol. The predicted molar refractivity (Wildman–Crippen MR) is 75.4 cm³/mol. The summed E-state index contributed by atoms with van der Waals surface area (Å²) in [4.78, 5) is 18.6. The smallest absolute Gasteiger partial charge is 0.322 e. The summed E-state index contributed by atoms with van der Waals surface area (Å²) in [6, 6.07) is -0.530. The number of aromatic nitrogens is 1. The first kappa shape index (κ1) is 13.6. The number of carbonyl (C=O) groups is 1. The first-order valence-electron chi connectivity index (χ1n) is 5.61. The van der Waals surface area contributed by atoms with Gasteiger partial charge < -0.3 is 10.0 Å². The molecule has 2 heterocycles. The van der Waals surface area contributed by atoms with Crippen LogP contribution < -0.4 is 10.2 Å². The molecule has 2 rings (SSSR count). The van der Waals surface area contributed by atoms with Gasteiger partial charge in [-0.25, -0.2) is 4.98 Å². The molecule has 7 heteroatoms. The monoisotopic (exact) mass is 287 g/mol. The van der Waals surface area contributed by atoms with Crippen LogP contribution in [-0.2, 0) is 4.79 Å². The molecular formula is C11H17N3O2S2. The van der Waals surface area contributed by atoms with E-state index < -0.39 is 12.0 Å². The fourth-order valence-corrected chi connectivity index (χ4v) is 4.23. The van der Waals surface area contributed by atoms with E-state index in [1.165, 1.54) is 0 Å². The number of hydrogen-bond acceptors (Lipinski definition) is 6. The molecule has 18 heavy (non-hydrogen) atoms. The van der Waals surface area contributed by atoms with E-state index in [9.17, 15) is 9.90 Å². The Labute approximate surface area is 115 Å². The van der Waals surface area contributed by atoms with Crippen molar-refractivity contribution in [2.75, 3.05) is 19.0 Å². The minimum atomic E-state index is -0.799. The maximum absolute atomic E-state index is 11.2. The van der Waals surface area contributed by atoms with E-state index in [0.717, 1.165) is 10.0 Å². The molecule has 100 valence electrons. The molecule has 1 aromatic heterocycles. The topological polar surface area (TPSA) is 65.5 Å². The van der Waals surface area contributed by atoms with Gasteiger partial charge in [-0.05, 0) is 13.8 Å². The van der Waals surface area contributed by atoms with E-state index in [1.54, 1.807) is 23.1 Å². The highest BCUT2D eigenvalue weighted by Gasteiger charge is 2.46. The zero-order chi connectivity index (χ0) is 13.5. The number of rotatable bonds is 3. The molecule has 2 unspecified atom stereocenters. The second-order valence-electron chi connectivity index (χ2n) is 4.98. The van der Waals surface area contributed by atoms with Crippen LogP contribution in [0, 0.1) is 0 Å². The molecule has 2 atom stereocenters. The van der Waals surface area contributed by atoms with Gasteiger partial charge in [0.2, 0.25) is 0 Å². The van der Waals surface area contributed by atoms with Crippen LogP contribution in [0.2, 0.25) is 0 Å². The molecule has 0 aliphatic carbocycles. The van der Waals surface area contributed by atoms with Crippen LogP contribution in [0.5, 0.6) is 0 Å². The van der Waals surface area contributed by atoms with E-state index in [4.69, 9.17) is 0 Å². The van der Waals surface area contributed by atoms with Crippen LogP contribution >= 0.6 is 23.1 Å². The van der Waals surface area contributed by atoms with Crippen molar-refractivity contribution in [2.24, 2.45) is 0 Å². The van der Waals surface area contributed by atoms with Crippen molar-refractivity contribution in [3.8, 4) is 0 Å². The molecule has 0 radical (unpaired) electrons.